The summed E-state index contributed by atoms with van der Waals surface area (Å²) in [6, 6.07) is 13.1. The quantitative estimate of drug-likeness (QED) is 0.337. The number of H-pyrrole nitrogens is 1. The number of hydrogen-bond donors (Lipinski definition) is 3. The largest absolute Gasteiger partial charge is 0.496 e. The highest BCUT2D eigenvalue weighted by Gasteiger charge is 2.36. The summed E-state index contributed by atoms with van der Waals surface area (Å²) in [4.78, 5) is 29.1. The molecule has 7 nitrogen and oxygen atoms in total. The minimum absolute atomic E-state index is 0.201. The third-order valence-electron chi connectivity index (χ3n) is 6.31. The summed E-state index contributed by atoms with van der Waals surface area (Å²) in [5, 5.41) is 7.20. The zero-order chi connectivity index (χ0) is 24.7. The SMILES string of the molecule is COc1ccc(F)c2[nH]c(C(=O)N[C@@H]3Cc4ccccc4[C@H]3NC(=O)c3oc(SC)cc3C)cc12. The number of amides is 2. The number of furan rings is 1. The first-order chi connectivity index (χ1) is 16.9. The van der Waals surface area contributed by atoms with E-state index in [0.717, 1.165) is 16.7 Å². The maximum atomic E-state index is 14.3. The van der Waals surface area contributed by atoms with Crippen molar-refractivity contribution in [1.29, 1.82) is 0 Å². The Morgan fingerprint density at radius 1 is 1.14 bits per heavy atom. The van der Waals surface area contributed by atoms with E-state index in [1.165, 1.54) is 31.0 Å². The molecule has 0 radical (unpaired) electrons. The number of aryl methyl sites for hydroxylation is 1. The van der Waals surface area contributed by atoms with E-state index < -0.39 is 23.8 Å². The van der Waals surface area contributed by atoms with E-state index in [1.54, 1.807) is 6.07 Å². The number of nitrogens with one attached hydrogen (secondary N) is 3. The second-order valence-electron chi connectivity index (χ2n) is 8.44. The molecule has 2 aromatic carbocycles. The molecule has 0 saturated heterocycles. The predicted octanol–water partition coefficient (Wildman–Crippen LogP) is 4.76. The van der Waals surface area contributed by atoms with E-state index >= 15 is 0 Å². The van der Waals surface area contributed by atoms with Crippen LogP contribution in [-0.2, 0) is 6.42 Å². The van der Waals surface area contributed by atoms with Crippen molar-refractivity contribution in [2.45, 2.75) is 30.5 Å². The van der Waals surface area contributed by atoms with Gasteiger partial charge in [0.25, 0.3) is 11.8 Å². The molecular weight excluding hydrogens is 469 g/mol. The number of methoxy groups -OCH3 is 1. The fraction of sp³-hybridized carbons (Fsp3) is 0.231. The highest BCUT2D eigenvalue weighted by Crippen LogP contribution is 2.33. The van der Waals surface area contributed by atoms with Crippen LogP contribution >= 0.6 is 11.8 Å². The van der Waals surface area contributed by atoms with Crippen LogP contribution < -0.4 is 15.4 Å². The lowest BCUT2D eigenvalue weighted by Gasteiger charge is -2.22. The maximum Gasteiger partial charge on any atom is 0.287 e. The van der Waals surface area contributed by atoms with Crippen molar-refractivity contribution in [3.8, 4) is 5.75 Å². The average Bonchev–Trinajstić information content (AvgIpc) is 3.55. The van der Waals surface area contributed by atoms with Crippen LogP contribution in [0.4, 0.5) is 4.39 Å². The number of aromatic amines is 1. The molecule has 0 aliphatic heterocycles. The number of benzene rings is 2. The van der Waals surface area contributed by atoms with E-state index in [-0.39, 0.29) is 22.9 Å². The number of thioether (sulfide) groups is 1. The Labute approximate surface area is 205 Å². The second-order valence-corrected chi connectivity index (χ2v) is 9.25. The van der Waals surface area contributed by atoms with Gasteiger partial charge in [0.05, 0.1) is 24.7 Å². The number of carbonyl (C=O) groups excluding carboxylic acids is 2. The molecule has 0 saturated carbocycles. The molecule has 2 heterocycles. The van der Waals surface area contributed by atoms with Crippen LogP contribution in [0.3, 0.4) is 0 Å². The van der Waals surface area contributed by atoms with Gasteiger partial charge in [-0.2, -0.15) is 0 Å². The van der Waals surface area contributed by atoms with E-state index in [4.69, 9.17) is 9.15 Å². The van der Waals surface area contributed by atoms with Crippen molar-refractivity contribution in [1.82, 2.24) is 15.6 Å². The third kappa shape index (κ3) is 4.16. The van der Waals surface area contributed by atoms with Gasteiger partial charge in [-0.1, -0.05) is 36.0 Å². The van der Waals surface area contributed by atoms with E-state index in [0.29, 0.717) is 22.6 Å². The van der Waals surface area contributed by atoms with Crippen LogP contribution in [0.5, 0.6) is 5.75 Å². The summed E-state index contributed by atoms with van der Waals surface area (Å²) < 4.78 is 25.3. The second kappa shape index (κ2) is 9.14. The van der Waals surface area contributed by atoms with Crippen molar-refractivity contribution in [2.24, 2.45) is 0 Å². The summed E-state index contributed by atoms with van der Waals surface area (Å²) in [6.45, 7) is 1.82. The van der Waals surface area contributed by atoms with E-state index in [2.05, 4.69) is 15.6 Å². The van der Waals surface area contributed by atoms with Crippen LogP contribution in [0, 0.1) is 12.7 Å². The van der Waals surface area contributed by atoms with Crippen LogP contribution in [0.25, 0.3) is 10.9 Å². The lowest BCUT2D eigenvalue weighted by Crippen LogP contribution is -2.44. The molecule has 5 rings (SSSR count). The number of hydrogen-bond acceptors (Lipinski definition) is 5. The van der Waals surface area contributed by atoms with Crippen LogP contribution in [0.1, 0.15) is 43.8 Å². The van der Waals surface area contributed by atoms with Crippen molar-refractivity contribution in [3.05, 3.63) is 82.5 Å². The summed E-state index contributed by atoms with van der Waals surface area (Å²) in [6.07, 6.45) is 2.42. The Balaban J connectivity index is 1.42. The molecule has 2 amide bonds. The Morgan fingerprint density at radius 3 is 2.69 bits per heavy atom. The van der Waals surface area contributed by atoms with Gasteiger partial charge in [0, 0.05) is 10.9 Å². The number of rotatable bonds is 6. The van der Waals surface area contributed by atoms with Gasteiger partial charge in [-0.3, -0.25) is 9.59 Å². The fourth-order valence-corrected chi connectivity index (χ4v) is 5.06. The van der Waals surface area contributed by atoms with E-state index in [9.17, 15) is 14.0 Å². The van der Waals surface area contributed by atoms with Crippen molar-refractivity contribution < 1.29 is 23.1 Å². The molecule has 3 N–H and O–H groups in total. The smallest absolute Gasteiger partial charge is 0.287 e. The van der Waals surface area contributed by atoms with Gasteiger partial charge < -0.3 is 24.8 Å². The molecule has 4 aromatic rings. The van der Waals surface area contributed by atoms with Gasteiger partial charge in [-0.25, -0.2) is 4.39 Å². The third-order valence-corrected chi connectivity index (χ3v) is 6.91. The minimum Gasteiger partial charge on any atom is -0.496 e. The molecule has 2 atom stereocenters. The normalized spacial score (nSPS) is 16.8. The molecule has 1 aliphatic carbocycles. The lowest BCUT2D eigenvalue weighted by molar-refractivity contribution is 0.0866. The summed E-state index contributed by atoms with van der Waals surface area (Å²) in [7, 11) is 1.49. The Hall–Kier alpha value is -3.72. The molecule has 1 aliphatic rings. The highest BCUT2D eigenvalue weighted by atomic mass is 32.2. The number of carbonyl (C=O) groups is 2. The number of fused-ring (bicyclic) bond motifs is 2. The molecule has 35 heavy (non-hydrogen) atoms. The zero-order valence-electron chi connectivity index (χ0n) is 19.4. The highest BCUT2D eigenvalue weighted by molar-refractivity contribution is 7.98. The molecule has 180 valence electrons. The fourth-order valence-electron chi connectivity index (χ4n) is 4.60. The molecule has 0 spiro atoms. The Morgan fingerprint density at radius 2 is 1.94 bits per heavy atom. The van der Waals surface area contributed by atoms with Crippen LogP contribution in [0.2, 0.25) is 0 Å². The standard InChI is InChI=1S/C26H24FN3O4S/c1-13-10-21(35-3)34-24(13)26(32)30-23-15-7-5-4-6-14(15)11-18(23)29-25(31)19-12-16-20(33-2)9-8-17(27)22(16)28-19/h4-10,12,18,23,28H,11H2,1-3H3,(H,29,31)(H,30,32)/t18-,23-/m1/s1. The van der Waals surface area contributed by atoms with Gasteiger partial charge in [-0.05, 0) is 55.0 Å². The van der Waals surface area contributed by atoms with Crippen molar-refractivity contribution in [3.63, 3.8) is 0 Å². The topological polar surface area (TPSA) is 96.4 Å². The summed E-state index contributed by atoms with van der Waals surface area (Å²) in [5.41, 5.74) is 3.12. The first-order valence-corrected chi connectivity index (χ1v) is 12.3. The van der Waals surface area contributed by atoms with Crippen molar-refractivity contribution in [2.75, 3.05) is 13.4 Å². The van der Waals surface area contributed by atoms with E-state index in [1.807, 2.05) is 43.5 Å². The first-order valence-electron chi connectivity index (χ1n) is 11.1. The molecule has 2 aromatic heterocycles. The molecule has 9 heteroatoms. The van der Waals surface area contributed by atoms with Gasteiger partial charge >= 0.3 is 0 Å². The monoisotopic (exact) mass is 493 g/mol. The number of aromatic nitrogens is 1. The first kappa shape index (κ1) is 23.0. The van der Waals surface area contributed by atoms with Gasteiger partial charge in [0.2, 0.25) is 0 Å². The van der Waals surface area contributed by atoms with Gasteiger partial charge in [-0.15, -0.1) is 0 Å². The number of ether oxygens (including phenoxy) is 1. The Bertz CT molecular complexity index is 1440. The van der Waals surface area contributed by atoms with Gasteiger partial charge in [0.15, 0.2) is 10.9 Å². The summed E-state index contributed by atoms with van der Waals surface area (Å²) >= 11 is 1.42. The van der Waals surface area contributed by atoms with Crippen LogP contribution in [0.15, 0.2) is 58.0 Å². The molecular formula is C26H24FN3O4S. The summed E-state index contributed by atoms with van der Waals surface area (Å²) in [5.74, 6) is -0.507. The number of halogens is 1. The zero-order valence-corrected chi connectivity index (χ0v) is 20.2. The minimum atomic E-state index is -0.475. The molecule has 0 bridgehead atoms. The van der Waals surface area contributed by atoms with Gasteiger partial charge in [0.1, 0.15) is 17.3 Å². The van der Waals surface area contributed by atoms with Crippen molar-refractivity contribution >= 4 is 34.5 Å². The predicted molar refractivity (Wildman–Crippen MR) is 132 cm³/mol. The molecule has 0 fully saturated rings. The molecule has 0 unspecified atom stereocenters. The Kier molecular flexibility index (Phi) is 6.02. The van der Waals surface area contributed by atoms with Crippen LogP contribution in [-0.4, -0.2) is 36.2 Å². The maximum absolute atomic E-state index is 14.3. The average molecular weight is 494 g/mol. The lowest BCUT2D eigenvalue weighted by atomic mass is 10.1.